The van der Waals surface area contributed by atoms with Crippen molar-refractivity contribution < 1.29 is 32.2 Å². The maximum Gasteiger partial charge on any atom is 0.387 e. The highest BCUT2D eigenvalue weighted by molar-refractivity contribution is 5.98. The summed E-state index contributed by atoms with van der Waals surface area (Å²) in [4.78, 5) is 24.0. The molecule has 0 radical (unpaired) electrons. The van der Waals surface area contributed by atoms with Crippen molar-refractivity contribution in [2.75, 3.05) is 5.32 Å². The first-order valence-corrected chi connectivity index (χ1v) is 7.18. The maximum atomic E-state index is 13.1. The van der Waals surface area contributed by atoms with Crippen LogP contribution < -0.4 is 10.1 Å². The Kier molecular flexibility index (Phi) is 5.99. The molecule has 0 saturated heterocycles. The van der Waals surface area contributed by atoms with Crippen LogP contribution in [-0.4, -0.2) is 24.6 Å². The zero-order valence-electron chi connectivity index (χ0n) is 13.0. The number of nitrogens with one attached hydrogen (secondary N) is 1. The largest absolute Gasteiger partial charge is 0.449 e. The van der Waals surface area contributed by atoms with E-state index < -0.39 is 30.4 Å². The molecule has 2 rings (SSSR count). The van der Waals surface area contributed by atoms with E-state index in [0.29, 0.717) is 0 Å². The van der Waals surface area contributed by atoms with E-state index in [-0.39, 0.29) is 17.0 Å². The fourth-order valence-electron chi connectivity index (χ4n) is 1.90. The first-order valence-electron chi connectivity index (χ1n) is 7.18. The third-order valence-corrected chi connectivity index (χ3v) is 3.07. The second-order valence-electron chi connectivity index (χ2n) is 4.92. The van der Waals surface area contributed by atoms with Gasteiger partial charge in [-0.2, -0.15) is 8.78 Å². The van der Waals surface area contributed by atoms with Gasteiger partial charge in [0.05, 0.1) is 11.3 Å². The molecule has 2 aromatic rings. The van der Waals surface area contributed by atoms with Gasteiger partial charge in [-0.1, -0.05) is 18.2 Å². The van der Waals surface area contributed by atoms with Gasteiger partial charge >= 0.3 is 12.6 Å². The molecule has 2 aromatic carbocycles. The molecule has 0 fully saturated rings. The number of benzene rings is 2. The summed E-state index contributed by atoms with van der Waals surface area (Å²) in [6, 6.07) is 10.4. The Morgan fingerprint density at radius 3 is 2.48 bits per heavy atom. The molecule has 1 unspecified atom stereocenters. The van der Waals surface area contributed by atoms with Crippen molar-refractivity contribution in [3.63, 3.8) is 0 Å². The van der Waals surface area contributed by atoms with Crippen LogP contribution in [0.15, 0.2) is 48.5 Å². The molecule has 0 aliphatic rings. The maximum absolute atomic E-state index is 13.1. The summed E-state index contributed by atoms with van der Waals surface area (Å²) in [7, 11) is 0. The molecule has 0 aliphatic heterocycles. The second-order valence-corrected chi connectivity index (χ2v) is 4.92. The van der Waals surface area contributed by atoms with E-state index in [1.165, 1.54) is 43.3 Å². The van der Waals surface area contributed by atoms with Crippen molar-refractivity contribution in [3.05, 3.63) is 59.9 Å². The van der Waals surface area contributed by atoms with Gasteiger partial charge in [0.1, 0.15) is 11.6 Å². The summed E-state index contributed by atoms with van der Waals surface area (Å²) in [5.74, 6) is -2.49. The average Bonchev–Trinajstić information content (AvgIpc) is 2.56. The minimum atomic E-state index is -3.05. The lowest BCUT2D eigenvalue weighted by Crippen LogP contribution is -2.30. The minimum absolute atomic E-state index is 0.00135. The lowest BCUT2D eigenvalue weighted by Gasteiger charge is -2.15. The lowest BCUT2D eigenvalue weighted by atomic mass is 10.2. The highest BCUT2D eigenvalue weighted by atomic mass is 19.3. The number of halogens is 3. The summed E-state index contributed by atoms with van der Waals surface area (Å²) in [5.41, 5.74) is -0.0532. The number of ether oxygens (including phenoxy) is 2. The number of para-hydroxylation sites is 2. The van der Waals surface area contributed by atoms with Gasteiger partial charge in [0, 0.05) is 0 Å². The number of hydrogen-bond acceptors (Lipinski definition) is 4. The summed E-state index contributed by atoms with van der Waals surface area (Å²) in [6.45, 7) is -1.76. The van der Waals surface area contributed by atoms with Crippen LogP contribution in [0.2, 0.25) is 0 Å². The molecule has 25 heavy (non-hydrogen) atoms. The Morgan fingerprint density at radius 1 is 1.08 bits per heavy atom. The number of hydrogen-bond donors (Lipinski definition) is 1. The Bertz CT molecular complexity index is 767. The number of carbonyl (C=O) groups is 2. The van der Waals surface area contributed by atoms with E-state index in [2.05, 4.69) is 10.1 Å². The molecule has 8 heteroatoms. The van der Waals surface area contributed by atoms with E-state index in [9.17, 15) is 22.8 Å². The fraction of sp³-hybridized carbons (Fsp3) is 0.176. The van der Waals surface area contributed by atoms with E-state index in [1.807, 2.05) is 0 Å². The Hall–Kier alpha value is -3.03. The Labute approximate surface area is 141 Å². The summed E-state index contributed by atoms with van der Waals surface area (Å²) < 4.78 is 47.0. The number of alkyl halides is 2. The zero-order chi connectivity index (χ0) is 18.4. The van der Waals surface area contributed by atoms with Gasteiger partial charge in [-0.25, -0.2) is 9.18 Å². The summed E-state index contributed by atoms with van der Waals surface area (Å²) in [5, 5.41) is 2.34. The quantitative estimate of drug-likeness (QED) is 0.806. The van der Waals surface area contributed by atoms with Gasteiger partial charge in [-0.15, -0.1) is 0 Å². The topological polar surface area (TPSA) is 64.6 Å². The van der Waals surface area contributed by atoms with E-state index in [1.54, 1.807) is 0 Å². The van der Waals surface area contributed by atoms with Gasteiger partial charge < -0.3 is 14.8 Å². The SMILES string of the molecule is CC(OC(=O)c1cccc(F)c1)C(=O)Nc1ccccc1OC(F)F. The van der Waals surface area contributed by atoms with Crippen molar-refractivity contribution in [1.82, 2.24) is 0 Å². The van der Waals surface area contributed by atoms with E-state index in [0.717, 1.165) is 12.1 Å². The molecule has 0 heterocycles. The highest BCUT2D eigenvalue weighted by Gasteiger charge is 2.21. The lowest BCUT2D eigenvalue weighted by molar-refractivity contribution is -0.123. The summed E-state index contributed by atoms with van der Waals surface area (Å²) in [6.07, 6.45) is -1.24. The second kappa shape index (κ2) is 8.18. The van der Waals surface area contributed by atoms with Crippen LogP contribution in [0.4, 0.5) is 18.9 Å². The predicted molar refractivity (Wildman–Crippen MR) is 83.0 cm³/mol. The number of rotatable bonds is 6. The van der Waals surface area contributed by atoms with E-state index >= 15 is 0 Å². The fourth-order valence-corrected chi connectivity index (χ4v) is 1.90. The average molecular weight is 353 g/mol. The molecule has 0 bridgehead atoms. The van der Waals surface area contributed by atoms with Gasteiger partial charge in [0.2, 0.25) is 0 Å². The molecule has 0 saturated carbocycles. The van der Waals surface area contributed by atoms with Crippen molar-refractivity contribution in [2.45, 2.75) is 19.6 Å². The van der Waals surface area contributed by atoms with Crippen LogP contribution in [0.5, 0.6) is 5.75 Å². The van der Waals surface area contributed by atoms with Gasteiger partial charge in [-0.3, -0.25) is 4.79 Å². The van der Waals surface area contributed by atoms with Gasteiger partial charge in [-0.05, 0) is 37.3 Å². The molecule has 0 spiro atoms. The van der Waals surface area contributed by atoms with Crippen LogP contribution in [0.25, 0.3) is 0 Å². The van der Waals surface area contributed by atoms with E-state index in [4.69, 9.17) is 4.74 Å². The molecular weight excluding hydrogens is 339 g/mol. The van der Waals surface area contributed by atoms with Crippen LogP contribution in [0.3, 0.4) is 0 Å². The Balaban J connectivity index is 2.02. The van der Waals surface area contributed by atoms with Crippen molar-refractivity contribution in [2.24, 2.45) is 0 Å². The van der Waals surface area contributed by atoms with Crippen molar-refractivity contribution in [3.8, 4) is 5.75 Å². The molecular formula is C17H14F3NO4. The van der Waals surface area contributed by atoms with Crippen LogP contribution in [0, 0.1) is 5.82 Å². The number of esters is 1. The minimum Gasteiger partial charge on any atom is -0.449 e. The van der Waals surface area contributed by atoms with Crippen LogP contribution in [-0.2, 0) is 9.53 Å². The highest BCUT2D eigenvalue weighted by Crippen LogP contribution is 2.25. The molecule has 1 atom stereocenters. The zero-order valence-corrected chi connectivity index (χ0v) is 13.0. The Morgan fingerprint density at radius 2 is 1.80 bits per heavy atom. The van der Waals surface area contributed by atoms with Crippen LogP contribution >= 0.6 is 0 Å². The van der Waals surface area contributed by atoms with Gasteiger partial charge in [0.25, 0.3) is 5.91 Å². The van der Waals surface area contributed by atoms with Crippen molar-refractivity contribution >= 4 is 17.6 Å². The number of amides is 1. The molecule has 0 aliphatic carbocycles. The summed E-state index contributed by atoms with van der Waals surface area (Å²) >= 11 is 0. The normalized spacial score (nSPS) is 11.7. The number of carbonyl (C=O) groups excluding carboxylic acids is 2. The van der Waals surface area contributed by atoms with Gasteiger partial charge in [0.15, 0.2) is 6.10 Å². The first-order chi connectivity index (χ1) is 11.9. The smallest absolute Gasteiger partial charge is 0.387 e. The van der Waals surface area contributed by atoms with Crippen molar-refractivity contribution in [1.29, 1.82) is 0 Å². The third-order valence-electron chi connectivity index (χ3n) is 3.07. The molecule has 0 aromatic heterocycles. The monoisotopic (exact) mass is 353 g/mol. The molecule has 1 N–H and O–H groups in total. The molecule has 5 nitrogen and oxygen atoms in total. The third kappa shape index (κ3) is 5.23. The number of anilines is 1. The molecule has 132 valence electrons. The van der Waals surface area contributed by atoms with Crippen LogP contribution in [0.1, 0.15) is 17.3 Å². The predicted octanol–water partition coefficient (Wildman–Crippen LogP) is 3.61. The standard InChI is InChI=1S/C17H14F3NO4/c1-10(24-16(23)11-5-4-6-12(18)9-11)15(22)21-13-7-2-3-8-14(13)25-17(19)20/h2-10,17H,1H3,(H,21,22). The first kappa shape index (κ1) is 18.3. The molecule has 1 amide bonds.